The van der Waals surface area contributed by atoms with Gasteiger partial charge in [-0.2, -0.15) is 0 Å². The van der Waals surface area contributed by atoms with E-state index in [1.165, 1.54) is 12.1 Å². The van der Waals surface area contributed by atoms with Gasteiger partial charge in [0.1, 0.15) is 5.82 Å². The summed E-state index contributed by atoms with van der Waals surface area (Å²) in [6, 6.07) is 8.18. The molecule has 0 atom stereocenters. The molecule has 0 amide bonds. The lowest BCUT2D eigenvalue weighted by atomic mass is 10.0. The summed E-state index contributed by atoms with van der Waals surface area (Å²) in [5, 5.41) is 0. The normalized spacial score (nSPS) is 10.1. The Labute approximate surface area is 92.8 Å². The highest BCUT2D eigenvalue weighted by Gasteiger charge is 2.06. The lowest BCUT2D eigenvalue weighted by Gasteiger charge is -2.05. The van der Waals surface area contributed by atoms with Gasteiger partial charge in [0, 0.05) is 17.5 Å². The predicted octanol–water partition coefficient (Wildman–Crippen LogP) is 3.01. The molecule has 2 rings (SSSR count). The summed E-state index contributed by atoms with van der Waals surface area (Å²) in [5.74, 6) is -0.500. The highest BCUT2D eigenvalue weighted by atomic mass is 19.1. The number of carbonyl (C=O) groups is 1. The first-order valence-corrected chi connectivity index (χ1v) is 4.89. The molecule has 3 heteroatoms. The maximum Gasteiger partial charge on any atom is 0.153 e. The molecule has 2 nitrogen and oxygen atoms in total. The maximum atomic E-state index is 13.1. The minimum Gasteiger partial charge on any atom is -0.298 e. The van der Waals surface area contributed by atoms with Crippen LogP contribution in [-0.2, 0) is 0 Å². The number of hydrogen-bond acceptors (Lipinski definition) is 2. The number of aryl methyl sites for hydroxylation is 1. The van der Waals surface area contributed by atoms with Crippen LogP contribution >= 0.6 is 0 Å². The molecule has 0 N–H and O–H groups in total. The van der Waals surface area contributed by atoms with Crippen LogP contribution in [0.25, 0.3) is 11.1 Å². The van der Waals surface area contributed by atoms with E-state index in [-0.39, 0.29) is 5.56 Å². The number of halogens is 1. The van der Waals surface area contributed by atoms with Crippen LogP contribution in [0.3, 0.4) is 0 Å². The van der Waals surface area contributed by atoms with Crippen molar-refractivity contribution in [2.45, 2.75) is 6.92 Å². The average Bonchev–Trinajstić information content (AvgIpc) is 2.31. The number of aldehydes is 1. The molecule has 0 aliphatic carbocycles. The molecule has 0 saturated heterocycles. The van der Waals surface area contributed by atoms with Gasteiger partial charge in [-0.3, -0.25) is 9.78 Å². The van der Waals surface area contributed by atoms with Gasteiger partial charge in [0.05, 0.1) is 5.56 Å². The third-order valence-electron chi connectivity index (χ3n) is 2.44. The van der Waals surface area contributed by atoms with Gasteiger partial charge in [0.15, 0.2) is 6.29 Å². The molecule has 0 spiro atoms. The van der Waals surface area contributed by atoms with Crippen molar-refractivity contribution in [1.29, 1.82) is 0 Å². The van der Waals surface area contributed by atoms with E-state index in [0.717, 1.165) is 16.8 Å². The van der Waals surface area contributed by atoms with Crippen LogP contribution in [0.5, 0.6) is 0 Å². The van der Waals surface area contributed by atoms with Gasteiger partial charge in [-0.15, -0.1) is 0 Å². The molecule has 1 aromatic carbocycles. The third kappa shape index (κ3) is 1.84. The first-order chi connectivity index (χ1) is 7.72. The zero-order valence-electron chi connectivity index (χ0n) is 8.77. The van der Waals surface area contributed by atoms with E-state index in [2.05, 4.69) is 4.98 Å². The zero-order chi connectivity index (χ0) is 11.5. The first kappa shape index (κ1) is 10.5. The number of pyridine rings is 1. The van der Waals surface area contributed by atoms with E-state index in [1.807, 2.05) is 19.1 Å². The molecule has 16 heavy (non-hydrogen) atoms. The fourth-order valence-corrected chi connectivity index (χ4v) is 1.59. The highest BCUT2D eigenvalue weighted by Crippen LogP contribution is 2.23. The van der Waals surface area contributed by atoms with Crippen molar-refractivity contribution in [2.24, 2.45) is 0 Å². The molecule has 0 unspecified atom stereocenters. The molecule has 80 valence electrons. The molecule has 1 aromatic heterocycles. The largest absolute Gasteiger partial charge is 0.298 e. The summed E-state index contributed by atoms with van der Waals surface area (Å²) in [4.78, 5) is 14.8. The monoisotopic (exact) mass is 215 g/mol. The van der Waals surface area contributed by atoms with E-state index in [1.54, 1.807) is 12.3 Å². The van der Waals surface area contributed by atoms with Crippen molar-refractivity contribution in [3.63, 3.8) is 0 Å². The van der Waals surface area contributed by atoms with Crippen molar-refractivity contribution < 1.29 is 9.18 Å². The number of carbonyl (C=O) groups excluding carboxylic acids is 1. The Balaban J connectivity index is 2.57. The number of benzene rings is 1. The van der Waals surface area contributed by atoms with Crippen LogP contribution in [0, 0.1) is 12.7 Å². The Morgan fingerprint density at radius 1 is 1.31 bits per heavy atom. The second kappa shape index (κ2) is 4.23. The van der Waals surface area contributed by atoms with Crippen molar-refractivity contribution in [3.05, 3.63) is 53.6 Å². The summed E-state index contributed by atoms with van der Waals surface area (Å²) in [5.41, 5.74) is 2.63. The number of hydrogen-bond donors (Lipinski definition) is 0. The van der Waals surface area contributed by atoms with Crippen molar-refractivity contribution >= 4 is 6.29 Å². The van der Waals surface area contributed by atoms with Crippen molar-refractivity contribution in [3.8, 4) is 11.1 Å². The average molecular weight is 215 g/mol. The van der Waals surface area contributed by atoms with Crippen LogP contribution in [0.4, 0.5) is 4.39 Å². The Morgan fingerprint density at radius 2 is 2.12 bits per heavy atom. The van der Waals surface area contributed by atoms with E-state index >= 15 is 0 Å². The zero-order valence-corrected chi connectivity index (χ0v) is 8.77. The van der Waals surface area contributed by atoms with Gasteiger partial charge in [0.2, 0.25) is 0 Å². The van der Waals surface area contributed by atoms with E-state index in [9.17, 15) is 9.18 Å². The van der Waals surface area contributed by atoms with Crippen LogP contribution in [-0.4, -0.2) is 11.3 Å². The Kier molecular flexibility index (Phi) is 2.77. The minimum absolute atomic E-state index is 0.0701. The molecule has 0 bridgehead atoms. The summed E-state index contributed by atoms with van der Waals surface area (Å²) in [6.07, 6.45) is 2.22. The van der Waals surface area contributed by atoms with Gasteiger partial charge < -0.3 is 0 Å². The highest BCUT2D eigenvalue weighted by molar-refractivity contribution is 5.79. The Bertz CT molecular complexity index is 537. The number of aromatic nitrogens is 1. The van der Waals surface area contributed by atoms with Crippen LogP contribution in [0.2, 0.25) is 0 Å². The smallest absolute Gasteiger partial charge is 0.153 e. The van der Waals surface area contributed by atoms with Gasteiger partial charge in [-0.25, -0.2) is 4.39 Å². The number of nitrogens with zero attached hydrogens (tertiary/aromatic N) is 1. The lowest BCUT2D eigenvalue weighted by molar-refractivity contribution is 0.112. The van der Waals surface area contributed by atoms with Crippen molar-refractivity contribution in [2.75, 3.05) is 0 Å². The quantitative estimate of drug-likeness (QED) is 0.721. The van der Waals surface area contributed by atoms with Gasteiger partial charge in [0.25, 0.3) is 0 Å². The molecule has 0 aliphatic rings. The van der Waals surface area contributed by atoms with Crippen molar-refractivity contribution in [1.82, 2.24) is 4.98 Å². The fraction of sp³-hybridized carbons (Fsp3) is 0.0769. The number of rotatable bonds is 2. The van der Waals surface area contributed by atoms with Crippen LogP contribution in [0.15, 0.2) is 36.5 Å². The molecule has 2 aromatic rings. The Hall–Kier alpha value is -2.03. The second-order valence-electron chi connectivity index (χ2n) is 3.49. The van der Waals surface area contributed by atoms with Gasteiger partial charge in [-0.1, -0.05) is 12.1 Å². The van der Waals surface area contributed by atoms with E-state index < -0.39 is 5.82 Å². The standard InChI is InChI=1S/C13H10FNO/c1-9-12(3-2-6-15-9)10-4-5-13(14)11(7-10)8-16/h2-8H,1H3. The second-order valence-corrected chi connectivity index (χ2v) is 3.49. The molecule has 0 fully saturated rings. The predicted molar refractivity (Wildman–Crippen MR) is 59.8 cm³/mol. The minimum atomic E-state index is -0.500. The summed E-state index contributed by atoms with van der Waals surface area (Å²) in [6.45, 7) is 1.87. The molecule has 1 heterocycles. The fourth-order valence-electron chi connectivity index (χ4n) is 1.59. The van der Waals surface area contributed by atoms with Crippen LogP contribution < -0.4 is 0 Å². The summed E-state index contributed by atoms with van der Waals surface area (Å²) < 4.78 is 13.1. The first-order valence-electron chi connectivity index (χ1n) is 4.89. The van der Waals surface area contributed by atoms with Gasteiger partial charge >= 0.3 is 0 Å². The maximum absolute atomic E-state index is 13.1. The molecule has 0 radical (unpaired) electrons. The molecule has 0 saturated carbocycles. The third-order valence-corrected chi connectivity index (χ3v) is 2.44. The lowest BCUT2D eigenvalue weighted by Crippen LogP contribution is -1.91. The SMILES string of the molecule is Cc1ncccc1-c1ccc(F)c(C=O)c1. The van der Waals surface area contributed by atoms with Gasteiger partial charge in [-0.05, 0) is 30.7 Å². The van der Waals surface area contributed by atoms with E-state index in [0.29, 0.717) is 6.29 Å². The summed E-state index contributed by atoms with van der Waals surface area (Å²) >= 11 is 0. The Morgan fingerprint density at radius 3 is 2.81 bits per heavy atom. The van der Waals surface area contributed by atoms with Crippen LogP contribution in [0.1, 0.15) is 16.1 Å². The molecular formula is C13H10FNO. The van der Waals surface area contributed by atoms with E-state index in [4.69, 9.17) is 0 Å². The molecule has 0 aliphatic heterocycles. The topological polar surface area (TPSA) is 30.0 Å². The summed E-state index contributed by atoms with van der Waals surface area (Å²) in [7, 11) is 0. The molecular weight excluding hydrogens is 205 g/mol.